The Bertz CT molecular complexity index is 485. The number of hydrogen-bond acceptors (Lipinski definition) is 5. The van der Waals surface area contributed by atoms with Gasteiger partial charge in [0.1, 0.15) is 5.69 Å². The first-order valence-corrected chi connectivity index (χ1v) is 6.78. The average Bonchev–Trinajstić information content (AvgIpc) is 2.46. The van der Waals surface area contributed by atoms with Gasteiger partial charge in [-0.1, -0.05) is 6.92 Å². The van der Waals surface area contributed by atoms with E-state index in [1.165, 1.54) is 0 Å². The predicted octanol–water partition coefficient (Wildman–Crippen LogP) is 1.23. The van der Waals surface area contributed by atoms with Crippen molar-refractivity contribution in [2.75, 3.05) is 20.3 Å². The molecule has 0 bridgehead atoms. The van der Waals surface area contributed by atoms with E-state index in [-0.39, 0.29) is 11.3 Å². The number of aryl methyl sites for hydroxylation is 1. The van der Waals surface area contributed by atoms with Crippen molar-refractivity contribution in [1.82, 2.24) is 15.3 Å². The summed E-state index contributed by atoms with van der Waals surface area (Å²) in [4.78, 5) is 20.8. The van der Waals surface area contributed by atoms with Crippen LogP contribution in [0.5, 0.6) is 5.88 Å². The van der Waals surface area contributed by atoms with Gasteiger partial charge in [0.25, 0.3) is 0 Å². The van der Waals surface area contributed by atoms with Gasteiger partial charge in [0.05, 0.1) is 24.8 Å². The van der Waals surface area contributed by atoms with E-state index in [0.29, 0.717) is 31.3 Å². The fraction of sp³-hybridized carbons (Fsp3) is 0.643. The lowest BCUT2D eigenvalue weighted by Crippen LogP contribution is -2.42. The van der Waals surface area contributed by atoms with Crippen molar-refractivity contribution in [2.45, 2.75) is 33.2 Å². The maximum atomic E-state index is 12.3. The summed E-state index contributed by atoms with van der Waals surface area (Å²) in [5.41, 5.74) is 1.07. The van der Waals surface area contributed by atoms with Gasteiger partial charge in [0, 0.05) is 19.4 Å². The Balaban J connectivity index is 1.99. The summed E-state index contributed by atoms with van der Waals surface area (Å²) in [7, 11) is 1.55. The molecule has 1 saturated heterocycles. The third-order valence-corrected chi connectivity index (χ3v) is 3.69. The van der Waals surface area contributed by atoms with Crippen molar-refractivity contribution in [3.63, 3.8) is 0 Å². The number of hydrogen-bond donors (Lipinski definition) is 1. The number of amides is 1. The highest BCUT2D eigenvalue weighted by atomic mass is 16.5. The minimum atomic E-state index is -0.358. The average molecular weight is 279 g/mol. The molecule has 0 atom stereocenters. The number of carbonyl (C=O) groups is 1. The molecule has 6 heteroatoms. The van der Waals surface area contributed by atoms with Gasteiger partial charge in [-0.25, -0.2) is 4.98 Å². The Morgan fingerprint density at radius 2 is 2.20 bits per heavy atom. The molecule has 1 aliphatic heterocycles. The van der Waals surface area contributed by atoms with Gasteiger partial charge < -0.3 is 14.8 Å². The van der Waals surface area contributed by atoms with Crippen LogP contribution in [0.4, 0.5) is 0 Å². The first-order chi connectivity index (χ1) is 9.55. The van der Waals surface area contributed by atoms with Crippen molar-refractivity contribution < 1.29 is 14.3 Å². The highest BCUT2D eigenvalue weighted by Crippen LogP contribution is 2.30. The maximum Gasteiger partial charge on any atom is 0.237 e. The van der Waals surface area contributed by atoms with E-state index in [9.17, 15) is 4.79 Å². The molecule has 1 fully saturated rings. The Kier molecular flexibility index (Phi) is 4.54. The lowest BCUT2D eigenvalue weighted by molar-refractivity contribution is -0.135. The molecule has 0 aliphatic carbocycles. The van der Waals surface area contributed by atoms with Crippen LogP contribution >= 0.6 is 0 Å². The minimum absolute atomic E-state index is 0.0326. The van der Waals surface area contributed by atoms with Crippen LogP contribution in [0.2, 0.25) is 0 Å². The lowest BCUT2D eigenvalue weighted by atomic mass is 9.81. The van der Waals surface area contributed by atoms with Crippen LogP contribution in [0.1, 0.15) is 31.2 Å². The van der Waals surface area contributed by atoms with Crippen LogP contribution < -0.4 is 10.1 Å². The quantitative estimate of drug-likeness (QED) is 0.897. The minimum Gasteiger partial charge on any atom is -0.480 e. The zero-order valence-electron chi connectivity index (χ0n) is 12.2. The number of methoxy groups -OCH3 is 1. The smallest absolute Gasteiger partial charge is 0.237 e. The molecular formula is C14H21N3O3. The fourth-order valence-electron chi connectivity index (χ4n) is 2.19. The van der Waals surface area contributed by atoms with Crippen molar-refractivity contribution in [1.29, 1.82) is 0 Å². The third-order valence-electron chi connectivity index (χ3n) is 3.69. The molecule has 0 radical (unpaired) electrons. The predicted molar refractivity (Wildman–Crippen MR) is 73.3 cm³/mol. The van der Waals surface area contributed by atoms with Crippen molar-refractivity contribution in [3.05, 3.63) is 17.6 Å². The molecule has 0 unspecified atom stereocenters. The van der Waals surface area contributed by atoms with Gasteiger partial charge >= 0.3 is 0 Å². The van der Waals surface area contributed by atoms with Crippen molar-refractivity contribution >= 4 is 5.91 Å². The van der Waals surface area contributed by atoms with Gasteiger partial charge in [-0.15, -0.1) is 0 Å². The molecule has 20 heavy (non-hydrogen) atoms. The second kappa shape index (κ2) is 6.17. The molecule has 110 valence electrons. The van der Waals surface area contributed by atoms with E-state index in [2.05, 4.69) is 15.3 Å². The lowest BCUT2D eigenvalue weighted by Gasteiger charge is -2.31. The number of carbonyl (C=O) groups excluding carboxylic acids is 1. The molecular weight excluding hydrogens is 258 g/mol. The summed E-state index contributed by atoms with van der Waals surface area (Å²) >= 11 is 0. The van der Waals surface area contributed by atoms with Gasteiger partial charge in [0.15, 0.2) is 0 Å². The Morgan fingerprint density at radius 1 is 1.50 bits per heavy atom. The summed E-state index contributed by atoms with van der Waals surface area (Å²) in [6.45, 7) is 5.42. The second-order valence-corrected chi connectivity index (χ2v) is 5.32. The third kappa shape index (κ3) is 3.25. The normalized spacial score (nSPS) is 17.6. The van der Waals surface area contributed by atoms with Gasteiger partial charge in [-0.3, -0.25) is 9.78 Å². The summed E-state index contributed by atoms with van der Waals surface area (Å²) in [5, 5.41) is 2.93. The Hall–Kier alpha value is -1.69. The van der Waals surface area contributed by atoms with Crippen LogP contribution in [0.3, 0.4) is 0 Å². The summed E-state index contributed by atoms with van der Waals surface area (Å²) in [6.07, 6.45) is 3.16. The van der Waals surface area contributed by atoms with Crippen molar-refractivity contribution in [2.24, 2.45) is 5.41 Å². The van der Waals surface area contributed by atoms with Crippen molar-refractivity contribution in [3.8, 4) is 5.88 Å². The highest BCUT2D eigenvalue weighted by molar-refractivity contribution is 5.82. The van der Waals surface area contributed by atoms with Crippen LogP contribution in [-0.2, 0) is 16.1 Å². The fourth-order valence-corrected chi connectivity index (χ4v) is 2.19. The van der Waals surface area contributed by atoms with E-state index in [1.807, 2.05) is 13.8 Å². The molecule has 0 saturated carbocycles. The van der Waals surface area contributed by atoms with E-state index in [1.54, 1.807) is 13.3 Å². The SMILES string of the molecule is COc1nc(C)cnc1CNC(=O)C1(C)CCOCC1. The molecule has 2 heterocycles. The van der Waals surface area contributed by atoms with E-state index in [0.717, 1.165) is 18.5 Å². The first-order valence-electron chi connectivity index (χ1n) is 6.78. The van der Waals surface area contributed by atoms with E-state index >= 15 is 0 Å². The maximum absolute atomic E-state index is 12.3. The largest absolute Gasteiger partial charge is 0.480 e. The number of nitrogens with one attached hydrogen (secondary N) is 1. The van der Waals surface area contributed by atoms with Gasteiger partial charge in [-0.2, -0.15) is 0 Å². The molecule has 0 spiro atoms. The monoisotopic (exact) mass is 279 g/mol. The molecule has 1 aromatic rings. The molecule has 1 aliphatic rings. The molecule has 1 amide bonds. The second-order valence-electron chi connectivity index (χ2n) is 5.32. The summed E-state index contributed by atoms with van der Waals surface area (Å²) < 4.78 is 10.5. The molecule has 2 rings (SSSR count). The zero-order chi connectivity index (χ0) is 14.6. The molecule has 1 N–H and O–H groups in total. The number of aromatic nitrogens is 2. The molecule has 1 aromatic heterocycles. The van der Waals surface area contributed by atoms with E-state index in [4.69, 9.17) is 9.47 Å². The Labute approximate surface area is 118 Å². The topological polar surface area (TPSA) is 73.3 Å². The van der Waals surface area contributed by atoms with Crippen LogP contribution in [0, 0.1) is 12.3 Å². The zero-order valence-corrected chi connectivity index (χ0v) is 12.2. The van der Waals surface area contributed by atoms with Crippen LogP contribution in [-0.4, -0.2) is 36.2 Å². The van der Waals surface area contributed by atoms with Gasteiger partial charge in [-0.05, 0) is 19.8 Å². The van der Waals surface area contributed by atoms with Crippen LogP contribution in [0.25, 0.3) is 0 Å². The standard InChI is InChI=1S/C14H21N3O3/c1-10-8-15-11(12(17-10)19-3)9-16-13(18)14(2)4-6-20-7-5-14/h8H,4-7,9H2,1-3H3,(H,16,18). The molecule has 0 aromatic carbocycles. The number of rotatable bonds is 4. The first kappa shape index (κ1) is 14.7. The van der Waals surface area contributed by atoms with Crippen LogP contribution in [0.15, 0.2) is 6.20 Å². The highest BCUT2D eigenvalue weighted by Gasteiger charge is 2.35. The number of nitrogens with zero attached hydrogens (tertiary/aromatic N) is 2. The Morgan fingerprint density at radius 3 is 2.85 bits per heavy atom. The summed E-state index contributed by atoms with van der Waals surface area (Å²) in [5.74, 6) is 0.493. The number of ether oxygens (including phenoxy) is 2. The van der Waals surface area contributed by atoms with Gasteiger partial charge in [0.2, 0.25) is 11.8 Å². The summed E-state index contributed by atoms with van der Waals surface area (Å²) in [6, 6.07) is 0. The molecule has 6 nitrogen and oxygen atoms in total. The van der Waals surface area contributed by atoms with E-state index < -0.39 is 0 Å².